The molecule has 1 aliphatic carbocycles. The molecule has 5 aromatic carbocycles. The molecule has 5 aromatic rings. The molecule has 8 atom stereocenters. The Bertz CT molecular complexity index is 2810. The summed E-state index contributed by atoms with van der Waals surface area (Å²) in [7, 11) is -15.2. The number of phosphoric acid groups is 3. The molecule has 0 heterocycles. The van der Waals surface area contributed by atoms with Crippen LogP contribution in [0.25, 0.3) is 0 Å². The van der Waals surface area contributed by atoms with Gasteiger partial charge in [0.25, 0.3) is 0 Å². The van der Waals surface area contributed by atoms with Crippen molar-refractivity contribution in [3.05, 3.63) is 179 Å². The van der Waals surface area contributed by atoms with Crippen LogP contribution in [0.5, 0.6) is 0 Å². The summed E-state index contributed by atoms with van der Waals surface area (Å²) in [6.45, 7) is 1.28. The van der Waals surface area contributed by atoms with Crippen LogP contribution in [0.2, 0.25) is 0 Å². The van der Waals surface area contributed by atoms with Crippen molar-refractivity contribution in [2.45, 2.75) is 269 Å². The van der Waals surface area contributed by atoms with Gasteiger partial charge >= 0.3 is 35.4 Å². The molecule has 98 heavy (non-hydrogen) atoms. The molecule has 0 aromatic heterocycles. The molecule has 0 spiro atoms. The summed E-state index contributed by atoms with van der Waals surface area (Å²) in [5.74, 6) is -1.16. The third-order valence-electron chi connectivity index (χ3n) is 17.0. The van der Waals surface area contributed by atoms with Crippen LogP contribution in [0, 0.1) is 0 Å². The van der Waals surface area contributed by atoms with Crippen LogP contribution in [0.15, 0.2) is 152 Å². The fourth-order valence-electron chi connectivity index (χ4n) is 11.3. The molecule has 6 rings (SSSR count). The van der Waals surface area contributed by atoms with Crippen molar-refractivity contribution >= 4 is 35.4 Å². The lowest BCUT2D eigenvalue weighted by Gasteiger charge is -2.45. The molecular formula is C76H111O19P3. The number of carbonyl (C=O) groups excluding carboxylic acids is 2. The van der Waals surface area contributed by atoms with E-state index in [9.17, 15) is 24.9 Å². The quantitative estimate of drug-likeness (QED) is 0.0186. The SMILES string of the molecule is CCCCCCCCCCCCCCCC(=O)OC[C@H](COP(=O)(OCc1ccccc1)OC1[C@H](O)[C@H](OP(=O)(OCc2ccccc2)OCc2ccccc2)C(O)[C@H](OP(=O)(OCc2ccccc2)OCc2ccccc2)[C@H]1O)OC(=O)CCCCCCCCCCCCCCC. The zero-order chi connectivity index (χ0) is 69.8. The smallest absolute Gasteiger partial charge is 0.462 e. The van der Waals surface area contributed by atoms with Gasteiger partial charge in [-0.15, -0.1) is 0 Å². The van der Waals surface area contributed by atoms with Gasteiger partial charge in [-0.25, -0.2) is 13.7 Å². The Morgan fingerprint density at radius 3 is 0.827 bits per heavy atom. The van der Waals surface area contributed by atoms with Crippen molar-refractivity contribution in [2.75, 3.05) is 13.2 Å². The summed E-state index contributed by atoms with van der Waals surface area (Å²) in [5, 5.41) is 37.6. The van der Waals surface area contributed by atoms with Crippen LogP contribution in [0.3, 0.4) is 0 Å². The molecule has 1 fully saturated rings. The predicted molar refractivity (Wildman–Crippen MR) is 379 cm³/mol. The molecule has 1 aliphatic rings. The second-order valence-corrected chi connectivity index (χ2v) is 30.3. The van der Waals surface area contributed by atoms with Gasteiger partial charge in [-0.1, -0.05) is 320 Å². The van der Waals surface area contributed by atoms with E-state index >= 15 is 13.7 Å². The number of rotatable bonds is 55. The Labute approximate surface area is 583 Å². The average Bonchev–Trinajstić information content (AvgIpc) is 0.762. The normalized spacial score (nSPS) is 18.3. The summed E-state index contributed by atoms with van der Waals surface area (Å²) in [6.07, 6.45) is 14.2. The van der Waals surface area contributed by atoms with Crippen molar-refractivity contribution in [1.82, 2.24) is 0 Å². The van der Waals surface area contributed by atoms with Gasteiger partial charge in [0.2, 0.25) is 0 Å². The summed E-state index contributed by atoms with van der Waals surface area (Å²) in [5.41, 5.74) is 2.63. The molecule has 3 N–H and O–H groups in total. The van der Waals surface area contributed by atoms with Gasteiger partial charge in [0.1, 0.15) is 43.2 Å². The molecule has 0 radical (unpaired) electrons. The van der Waals surface area contributed by atoms with Crippen molar-refractivity contribution in [3.63, 3.8) is 0 Å². The number of unbranched alkanes of at least 4 members (excludes halogenated alkanes) is 24. The summed E-state index contributed by atoms with van der Waals surface area (Å²) in [6, 6.07) is 43.0. The van der Waals surface area contributed by atoms with Gasteiger partial charge in [0.05, 0.1) is 39.6 Å². The molecule has 1 saturated carbocycles. The highest BCUT2D eigenvalue weighted by atomic mass is 31.2. The monoisotopic (exact) mass is 1420 g/mol. The Balaban J connectivity index is 1.25. The van der Waals surface area contributed by atoms with Gasteiger partial charge in [-0.05, 0) is 40.7 Å². The minimum absolute atomic E-state index is 0.0351. The molecule has 0 saturated heterocycles. The predicted octanol–water partition coefficient (Wildman–Crippen LogP) is 19.1. The molecule has 0 bridgehead atoms. The highest BCUT2D eigenvalue weighted by Crippen LogP contribution is 2.59. The zero-order valence-corrected chi connectivity index (χ0v) is 60.6. The van der Waals surface area contributed by atoms with Crippen LogP contribution >= 0.6 is 23.5 Å². The Morgan fingerprint density at radius 2 is 0.561 bits per heavy atom. The number of carbonyl (C=O) groups is 2. The lowest BCUT2D eigenvalue weighted by Crippen LogP contribution is -2.65. The summed E-state index contributed by atoms with van der Waals surface area (Å²) < 4.78 is 112. The van der Waals surface area contributed by atoms with Crippen molar-refractivity contribution in [2.24, 2.45) is 0 Å². The van der Waals surface area contributed by atoms with Gasteiger partial charge in [-0.3, -0.25) is 50.3 Å². The molecule has 19 nitrogen and oxygen atoms in total. The maximum Gasteiger partial charge on any atom is 0.475 e. The number of aliphatic hydroxyl groups is 3. The second kappa shape index (κ2) is 48.2. The first-order chi connectivity index (χ1) is 47.7. The van der Waals surface area contributed by atoms with E-state index in [2.05, 4.69) is 13.8 Å². The van der Waals surface area contributed by atoms with E-state index in [4.69, 9.17) is 50.2 Å². The first-order valence-corrected chi connectivity index (χ1v) is 40.4. The maximum absolute atomic E-state index is 15.6. The first kappa shape index (κ1) is 82.2. The average molecular weight is 1420 g/mol. The summed E-state index contributed by atoms with van der Waals surface area (Å²) in [4.78, 5) is 27.1. The number of esters is 2. The first-order valence-electron chi connectivity index (χ1n) is 36.0. The fraction of sp³-hybridized carbons (Fsp3) is 0.579. The van der Waals surface area contributed by atoms with Gasteiger partial charge in [-0.2, -0.15) is 0 Å². The number of aliphatic hydroxyl groups excluding tert-OH is 3. The Morgan fingerprint density at radius 1 is 0.327 bits per heavy atom. The number of phosphoric ester groups is 3. The van der Waals surface area contributed by atoms with Crippen molar-refractivity contribution in [3.8, 4) is 0 Å². The number of hydrogen-bond acceptors (Lipinski definition) is 19. The Kier molecular flexibility index (Phi) is 40.4. The highest BCUT2D eigenvalue weighted by molar-refractivity contribution is 7.49. The van der Waals surface area contributed by atoms with Crippen LogP contribution in [0.1, 0.15) is 221 Å². The van der Waals surface area contributed by atoms with Crippen molar-refractivity contribution < 1.29 is 88.8 Å². The third-order valence-corrected chi connectivity index (χ3v) is 21.2. The highest BCUT2D eigenvalue weighted by Gasteiger charge is 2.58. The molecule has 0 aliphatic heterocycles. The summed E-state index contributed by atoms with van der Waals surface area (Å²) >= 11 is 0. The largest absolute Gasteiger partial charge is 0.475 e. The third kappa shape index (κ3) is 33.4. The van der Waals surface area contributed by atoms with Gasteiger partial charge in [0.15, 0.2) is 6.10 Å². The van der Waals surface area contributed by atoms with Crippen molar-refractivity contribution in [1.29, 1.82) is 0 Å². The Hall–Kier alpha value is -4.75. The van der Waals surface area contributed by atoms with Crippen LogP contribution in [-0.2, 0) is 107 Å². The topological polar surface area (TPSA) is 248 Å². The van der Waals surface area contributed by atoms with Gasteiger partial charge < -0.3 is 24.8 Å². The van der Waals surface area contributed by atoms with Crippen LogP contribution in [-0.4, -0.2) is 83.2 Å². The van der Waals surface area contributed by atoms with E-state index in [1.165, 1.54) is 103 Å². The maximum atomic E-state index is 15.6. The molecule has 0 amide bonds. The number of ether oxygens (including phenoxy) is 2. The fourth-order valence-corrected chi connectivity index (χ4v) is 15.4. The van der Waals surface area contributed by atoms with E-state index in [-0.39, 0.29) is 39.3 Å². The zero-order valence-electron chi connectivity index (χ0n) is 57.9. The van der Waals surface area contributed by atoms with E-state index in [0.717, 1.165) is 51.4 Å². The van der Waals surface area contributed by atoms with E-state index in [1.54, 1.807) is 152 Å². The molecule has 544 valence electrons. The van der Waals surface area contributed by atoms with E-state index in [1.807, 2.05) is 0 Å². The van der Waals surface area contributed by atoms with Crippen LogP contribution < -0.4 is 0 Å². The minimum Gasteiger partial charge on any atom is -0.462 e. The number of hydrogen-bond donors (Lipinski definition) is 3. The standard InChI is InChI=1S/C76H111O19P3/c1-3-5-7-9-11-13-15-17-19-21-23-25-42-54-69(77)85-61-68(92-70(78)55-43-26-24-22-20-18-16-14-12-10-8-6-4-2)62-91-98(84,90-60-67-52-40-31-41-53-67)95-76-72(80)74(93-96(82,86-56-63-44-32-27-33-45-63)87-57-64-46-34-28-35-47-64)71(79)75(73(76)81)94-97(83,88-58-65-48-36-29-37-49-65)89-59-66-50-38-30-39-51-66/h27-41,44-53,68,71-76,79-81H,3-26,42-43,54-62H2,1-2H3/t68-,71?,72-,73-,74-,75+,76?,98?/m1/s1. The van der Waals surface area contributed by atoms with Crippen LogP contribution in [0.4, 0.5) is 0 Å². The lowest BCUT2D eigenvalue weighted by atomic mass is 9.85. The van der Waals surface area contributed by atoms with Gasteiger partial charge in [0, 0.05) is 12.8 Å². The number of benzene rings is 5. The lowest BCUT2D eigenvalue weighted by molar-refractivity contribution is -0.216. The molecular weight excluding hydrogens is 1310 g/mol. The molecule has 3 unspecified atom stereocenters. The molecule has 22 heteroatoms. The minimum atomic E-state index is -5.26. The second-order valence-electron chi connectivity index (χ2n) is 25.4. The van der Waals surface area contributed by atoms with E-state index < -0.39 is 98.0 Å². The van der Waals surface area contributed by atoms with E-state index in [0.29, 0.717) is 40.7 Å².